The third-order valence-corrected chi connectivity index (χ3v) is 3.43. The first kappa shape index (κ1) is 15.7. The van der Waals surface area contributed by atoms with E-state index in [1.165, 1.54) is 38.5 Å². The van der Waals surface area contributed by atoms with Gasteiger partial charge in [-0.25, -0.2) is 0 Å². The van der Waals surface area contributed by atoms with Crippen molar-refractivity contribution in [2.75, 3.05) is 13.2 Å². The predicted octanol–water partition coefficient (Wildman–Crippen LogP) is 4.69. The molecule has 1 aliphatic heterocycles. The summed E-state index contributed by atoms with van der Waals surface area (Å²) >= 11 is 0. The molecule has 0 radical (unpaired) electrons. The lowest BCUT2D eigenvalue weighted by Crippen LogP contribution is -2.24. The van der Waals surface area contributed by atoms with Crippen molar-refractivity contribution >= 4 is 0 Å². The van der Waals surface area contributed by atoms with Gasteiger partial charge in [0.2, 0.25) is 0 Å². The second-order valence-electron chi connectivity index (χ2n) is 5.36. The summed E-state index contributed by atoms with van der Waals surface area (Å²) in [5, 5.41) is 0. The fraction of sp³-hybridized carbons (Fsp3) is 0.875. The van der Waals surface area contributed by atoms with Gasteiger partial charge in [0.1, 0.15) is 0 Å². The molecule has 1 heterocycles. The Labute approximate surface area is 113 Å². The van der Waals surface area contributed by atoms with Crippen molar-refractivity contribution in [2.45, 2.75) is 71.5 Å². The van der Waals surface area contributed by atoms with E-state index in [2.05, 4.69) is 26.0 Å². The van der Waals surface area contributed by atoms with Crippen LogP contribution in [0.4, 0.5) is 0 Å². The zero-order valence-corrected chi connectivity index (χ0v) is 12.2. The van der Waals surface area contributed by atoms with E-state index >= 15 is 0 Å². The van der Waals surface area contributed by atoms with Crippen LogP contribution in [0.3, 0.4) is 0 Å². The summed E-state index contributed by atoms with van der Waals surface area (Å²) in [6, 6.07) is 0. The molecule has 1 atom stereocenters. The van der Waals surface area contributed by atoms with E-state index in [9.17, 15) is 0 Å². The molecule has 18 heavy (non-hydrogen) atoms. The summed E-state index contributed by atoms with van der Waals surface area (Å²) in [5.41, 5.74) is 0. The van der Waals surface area contributed by atoms with E-state index in [4.69, 9.17) is 9.47 Å². The number of rotatable bonds is 9. The van der Waals surface area contributed by atoms with Gasteiger partial charge in [-0.05, 0) is 38.0 Å². The molecule has 0 aromatic heterocycles. The molecule has 0 saturated carbocycles. The Bertz CT molecular complexity index is 207. The molecule has 0 aromatic rings. The summed E-state index contributed by atoms with van der Waals surface area (Å²) in [6.07, 6.45) is 14.6. The summed E-state index contributed by atoms with van der Waals surface area (Å²) in [6.45, 7) is 6.31. The molecular formula is C16H30O2. The first-order valence-electron chi connectivity index (χ1n) is 7.72. The lowest BCUT2D eigenvalue weighted by atomic mass is 10.0. The van der Waals surface area contributed by atoms with Crippen LogP contribution in [0, 0.1) is 5.92 Å². The van der Waals surface area contributed by atoms with Crippen LogP contribution in [-0.4, -0.2) is 19.5 Å². The normalized spacial score (nSPS) is 19.4. The molecule has 0 N–H and O–H groups in total. The Balaban J connectivity index is 1.94. The quantitative estimate of drug-likeness (QED) is 0.439. The number of hydrogen-bond donors (Lipinski definition) is 0. The smallest absolute Gasteiger partial charge is 0.157 e. The number of allylic oxidation sites excluding steroid dienone is 2. The van der Waals surface area contributed by atoms with Gasteiger partial charge in [-0.15, -0.1) is 0 Å². The predicted molar refractivity (Wildman–Crippen MR) is 76.6 cm³/mol. The van der Waals surface area contributed by atoms with Gasteiger partial charge in [-0.1, -0.05) is 45.3 Å². The van der Waals surface area contributed by atoms with Gasteiger partial charge in [0.05, 0.1) is 13.2 Å². The Kier molecular flexibility index (Phi) is 9.23. The molecule has 2 nitrogen and oxygen atoms in total. The summed E-state index contributed by atoms with van der Waals surface area (Å²) in [4.78, 5) is 0. The van der Waals surface area contributed by atoms with Gasteiger partial charge in [0.25, 0.3) is 0 Å². The minimum absolute atomic E-state index is 0.0779. The van der Waals surface area contributed by atoms with Crippen LogP contribution in [0.15, 0.2) is 12.2 Å². The van der Waals surface area contributed by atoms with Crippen LogP contribution >= 0.6 is 0 Å². The maximum atomic E-state index is 5.54. The molecule has 106 valence electrons. The van der Waals surface area contributed by atoms with Gasteiger partial charge >= 0.3 is 0 Å². The molecule has 0 amide bonds. The number of unbranched alkanes of at least 4 members (excludes halogenated alkanes) is 3. The fourth-order valence-corrected chi connectivity index (χ4v) is 2.23. The van der Waals surface area contributed by atoms with Crippen LogP contribution in [0.25, 0.3) is 0 Å². The Morgan fingerprint density at radius 3 is 2.67 bits per heavy atom. The zero-order chi connectivity index (χ0) is 13.1. The van der Waals surface area contributed by atoms with Crippen LogP contribution in [0.5, 0.6) is 0 Å². The Morgan fingerprint density at radius 1 is 1.17 bits per heavy atom. The van der Waals surface area contributed by atoms with E-state index in [0.29, 0.717) is 0 Å². The van der Waals surface area contributed by atoms with Crippen LogP contribution in [0.2, 0.25) is 0 Å². The second-order valence-corrected chi connectivity index (χ2v) is 5.36. The molecule has 1 aliphatic rings. The van der Waals surface area contributed by atoms with Gasteiger partial charge in [0, 0.05) is 0 Å². The molecule has 1 fully saturated rings. The van der Waals surface area contributed by atoms with Crippen molar-refractivity contribution < 1.29 is 9.47 Å². The van der Waals surface area contributed by atoms with Crippen molar-refractivity contribution in [3.05, 3.63) is 12.2 Å². The van der Waals surface area contributed by atoms with Crippen LogP contribution in [-0.2, 0) is 9.47 Å². The minimum atomic E-state index is 0.0779. The summed E-state index contributed by atoms with van der Waals surface area (Å²) < 4.78 is 11.1. The van der Waals surface area contributed by atoms with Gasteiger partial charge in [-0.2, -0.15) is 0 Å². The maximum absolute atomic E-state index is 5.54. The topological polar surface area (TPSA) is 18.5 Å². The fourth-order valence-electron chi connectivity index (χ4n) is 2.23. The average molecular weight is 254 g/mol. The molecular weight excluding hydrogens is 224 g/mol. The average Bonchev–Trinajstić information content (AvgIpc) is 2.41. The molecule has 2 heteroatoms. The molecule has 0 spiro atoms. The van der Waals surface area contributed by atoms with Gasteiger partial charge in [-0.3, -0.25) is 0 Å². The van der Waals surface area contributed by atoms with Crippen molar-refractivity contribution in [3.63, 3.8) is 0 Å². The first-order valence-corrected chi connectivity index (χ1v) is 7.72. The molecule has 1 saturated heterocycles. The zero-order valence-electron chi connectivity index (χ0n) is 12.2. The van der Waals surface area contributed by atoms with Gasteiger partial charge < -0.3 is 9.47 Å². The highest BCUT2D eigenvalue weighted by atomic mass is 16.7. The molecule has 0 unspecified atom stereocenters. The van der Waals surface area contributed by atoms with E-state index in [0.717, 1.165) is 32.0 Å². The largest absolute Gasteiger partial charge is 0.353 e. The third kappa shape index (κ3) is 7.88. The van der Waals surface area contributed by atoms with Crippen molar-refractivity contribution in [1.82, 2.24) is 0 Å². The van der Waals surface area contributed by atoms with Crippen molar-refractivity contribution in [3.8, 4) is 0 Å². The van der Waals surface area contributed by atoms with E-state index < -0.39 is 0 Å². The SMILES string of the molecule is CCCC/C=C/[C@@H](C)CCCCC1OCCCO1. The monoisotopic (exact) mass is 254 g/mol. The lowest BCUT2D eigenvalue weighted by molar-refractivity contribution is -0.181. The third-order valence-electron chi connectivity index (χ3n) is 3.43. The van der Waals surface area contributed by atoms with Gasteiger partial charge in [0.15, 0.2) is 6.29 Å². The lowest BCUT2D eigenvalue weighted by Gasteiger charge is -2.23. The molecule has 0 aliphatic carbocycles. The van der Waals surface area contributed by atoms with E-state index in [1.54, 1.807) is 0 Å². The highest BCUT2D eigenvalue weighted by Gasteiger charge is 2.13. The molecule has 0 bridgehead atoms. The van der Waals surface area contributed by atoms with Crippen LogP contribution in [0.1, 0.15) is 65.2 Å². The van der Waals surface area contributed by atoms with Crippen LogP contribution < -0.4 is 0 Å². The standard InChI is InChI=1S/C16H30O2/c1-3-4-5-6-10-15(2)11-7-8-12-16-17-13-9-14-18-16/h6,10,15-16H,3-5,7-9,11-14H2,1-2H3/b10-6+/t15-/m1/s1. The number of ether oxygens (including phenoxy) is 2. The Hall–Kier alpha value is -0.340. The second kappa shape index (κ2) is 10.6. The molecule has 1 rings (SSSR count). The van der Waals surface area contributed by atoms with E-state index in [1.807, 2.05) is 0 Å². The summed E-state index contributed by atoms with van der Waals surface area (Å²) in [5.74, 6) is 0.718. The highest BCUT2D eigenvalue weighted by molar-refractivity contribution is 4.86. The minimum Gasteiger partial charge on any atom is -0.353 e. The van der Waals surface area contributed by atoms with E-state index in [-0.39, 0.29) is 6.29 Å². The first-order chi connectivity index (χ1) is 8.83. The molecule has 0 aromatic carbocycles. The maximum Gasteiger partial charge on any atom is 0.157 e. The Morgan fingerprint density at radius 2 is 1.94 bits per heavy atom. The van der Waals surface area contributed by atoms with Crippen molar-refractivity contribution in [1.29, 1.82) is 0 Å². The highest BCUT2D eigenvalue weighted by Crippen LogP contribution is 2.16. The summed E-state index contributed by atoms with van der Waals surface area (Å²) in [7, 11) is 0. The number of hydrogen-bond acceptors (Lipinski definition) is 2. The van der Waals surface area contributed by atoms with Crippen molar-refractivity contribution in [2.24, 2.45) is 5.92 Å².